The number of ether oxygens (including phenoxy) is 1. The van der Waals surface area contributed by atoms with E-state index in [0.29, 0.717) is 10.8 Å². The van der Waals surface area contributed by atoms with Crippen LogP contribution in [0.1, 0.15) is 12.8 Å². The van der Waals surface area contributed by atoms with Crippen molar-refractivity contribution in [3.63, 3.8) is 0 Å². The van der Waals surface area contributed by atoms with Crippen molar-refractivity contribution in [2.75, 3.05) is 19.7 Å². The first kappa shape index (κ1) is 13.2. The third kappa shape index (κ3) is 4.20. The van der Waals surface area contributed by atoms with Crippen LogP contribution in [0, 0.1) is 0 Å². The highest BCUT2D eigenvalue weighted by Crippen LogP contribution is 2.15. The Labute approximate surface area is 112 Å². The standard InChI is InChI=1S/C13H17ClN2O2/c14-10-1-3-12(4-2-10)18-9-13(17)16-11-5-7-15-8-6-11/h1-4,11,15H,5-9H2,(H,16,17). The number of hydrogen-bond acceptors (Lipinski definition) is 3. The molecule has 1 aliphatic heterocycles. The molecule has 0 radical (unpaired) electrons. The van der Waals surface area contributed by atoms with Crippen molar-refractivity contribution in [1.29, 1.82) is 0 Å². The van der Waals surface area contributed by atoms with Crippen LogP contribution in [0.25, 0.3) is 0 Å². The van der Waals surface area contributed by atoms with Crippen LogP contribution in [0.15, 0.2) is 24.3 Å². The average molecular weight is 269 g/mol. The smallest absolute Gasteiger partial charge is 0.258 e. The molecule has 4 nitrogen and oxygen atoms in total. The van der Waals surface area contributed by atoms with E-state index in [4.69, 9.17) is 16.3 Å². The minimum Gasteiger partial charge on any atom is -0.484 e. The lowest BCUT2D eigenvalue weighted by molar-refractivity contribution is -0.123. The Balaban J connectivity index is 1.72. The first-order valence-electron chi connectivity index (χ1n) is 6.12. The maximum Gasteiger partial charge on any atom is 0.258 e. The molecule has 18 heavy (non-hydrogen) atoms. The quantitative estimate of drug-likeness (QED) is 0.872. The molecule has 1 aromatic rings. The molecule has 1 aliphatic rings. The molecule has 0 atom stereocenters. The fraction of sp³-hybridized carbons (Fsp3) is 0.462. The number of benzene rings is 1. The number of piperidine rings is 1. The highest BCUT2D eigenvalue weighted by molar-refractivity contribution is 6.30. The van der Waals surface area contributed by atoms with Gasteiger partial charge in [0.25, 0.3) is 5.91 Å². The molecule has 0 aliphatic carbocycles. The Morgan fingerprint density at radius 3 is 2.67 bits per heavy atom. The van der Waals surface area contributed by atoms with Gasteiger partial charge in [-0.15, -0.1) is 0 Å². The maximum atomic E-state index is 11.7. The van der Waals surface area contributed by atoms with Gasteiger partial charge < -0.3 is 15.4 Å². The van der Waals surface area contributed by atoms with Crippen LogP contribution >= 0.6 is 11.6 Å². The van der Waals surface area contributed by atoms with Crippen molar-refractivity contribution in [2.45, 2.75) is 18.9 Å². The highest BCUT2D eigenvalue weighted by atomic mass is 35.5. The van der Waals surface area contributed by atoms with Crippen LogP contribution in [0.4, 0.5) is 0 Å². The molecular formula is C13H17ClN2O2. The number of carbonyl (C=O) groups is 1. The van der Waals surface area contributed by atoms with Crippen molar-refractivity contribution in [1.82, 2.24) is 10.6 Å². The second-order valence-corrected chi connectivity index (χ2v) is 4.77. The monoisotopic (exact) mass is 268 g/mol. The number of carbonyl (C=O) groups excluding carboxylic acids is 1. The van der Waals surface area contributed by atoms with Gasteiger partial charge in [-0.3, -0.25) is 4.79 Å². The van der Waals surface area contributed by atoms with Crippen molar-refractivity contribution < 1.29 is 9.53 Å². The Bertz CT molecular complexity index is 388. The van der Waals surface area contributed by atoms with Crippen molar-refractivity contribution in [3.05, 3.63) is 29.3 Å². The second-order valence-electron chi connectivity index (χ2n) is 4.33. The fourth-order valence-electron chi connectivity index (χ4n) is 1.92. The predicted molar refractivity (Wildman–Crippen MR) is 71.0 cm³/mol. The van der Waals surface area contributed by atoms with E-state index in [-0.39, 0.29) is 18.6 Å². The molecule has 1 aromatic carbocycles. The largest absolute Gasteiger partial charge is 0.484 e. The molecule has 0 bridgehead atoms. The summed E-state index contributed by atoms with van der Waals surface area (Å²) in [5, 5.41) is 6.88. The Morgan fingerprint density at radius 1 is 1.33 bits per heavy atom. The van der Waals surface area contributed by atoms with E-state index in [0.717, 1.165) is 25.9 Å². The molecule has 1 fully saturated rings. The molecule has 2 rings (SSSR count). The Morgan fingerprint density at radius 2 is 2.00 bits per heavy atom. The number of hydrogen-bond donors (Lipinski definition) is 2. The summed E-state index contributed by atoms with van der Waals surface area (Å²) in [6, 6.07) is 7.25. The predicted octanol–water partition coefficient (Wildman–Crippen LogP) is 1.59. The summed E-state index contributed by atoms with van der Waals surface area (Å²) in [6.45, 7) is 1.97. The second kappa shape index (κ2) is 6.61. The summed E-state index contributed by atoms with van der Waals surface area (Å²) in [4.78, 5) is 11.7. The van der Waals surface area contributed by atoms with Gasteiger partial charge in [0.2, 0.25) is 0 Å². The van der Waals surface area contributed by atoms with Crippen LogP contribution in [-0.2, 0) is 4.79 Å². The SMILES string of the molecule is O=C(COc1ccc(Cl)cc1)NC1CCNCC1. The van der Waals surface area contributed by atoms with Gasteiger partial charge >= 0.3 is 0 Å². The molecule has 1 heterocycles. The van der Waals surface area contributed by atoms with E-state index >= 15 is 0 Å². The van der Waals surface area contributed by atoms with E-state index in [1.54, 1.807) is 24.3 Å². The molecule has 98 valence electrons. The summed E-state index contributed by atoms with van der Waals surface area (Å²) in [6.07, 6.45) is 1.96. The van der Waals surface area contributed by atoms with Gasteiger partial charge in [-0.05, 0) is 50.2 Å². The zero-order valence-corrected chi connectivity index (χ0v) is 10.9. The third-order valence-electron chi connectivity index (χ3n) is 2.89. The molecule has 0 unspecified atom stereocenters. The maximum absolute atomic E-state index is 11.7. The zero-order chi connectivity index (χ0) is 12.8. The van der Waals surface area contributed by atoms with Crippen molar-refractivity contribution >= 4 is 17.5 Å². The summed E-state index contributed by atoms with van der Waals surface area (Å²) in [5.41, 5.74) is 0. The minimum atomic E-state index is -0.0724. The average Bonchev–Trinajstić information content (AvgIpc) is 2.39. The van der Waals surface area contributed by atoms with Crippen LogP contribution in [0.5, 0.6) is 5.75 Å². The minimum absolute atomic E-state index is 0.0472. The van der Waals surface area contributed by atoms with E-state index in [1.165, 1.54) is 0 Å². The molecule has 2 N–H and O–H groups in total. The lowest BCUT2D eigenvalue weighted by Gasteiger charge is -2.23. The molecule has 5 heteroatoms. The molecule has 0 aromatic heterocycles. The zero-order valence-electron chi connectivity index (χ0n) is 10.1. The summed E-state index contributed by atoms with van der Waals surface area (Å²) in [5.74, 6) is 0.580. The summed E-state index contributed by atoms with van der Waals surface area (Å²) in [7, 11) is 0. The van der Waals surface area contributed by atoms with Crippen molar-refractivity contribution in [3.8, 4) is 5.75 Å². The van der Waals surface area contributed by atoms with Crippen LogP contribution in [0.2, 0.25) is 5.02 Å². The first-order valence-corrected chi connectivity index (χ1v) is 6.50. The Hall–Kier alpha value is -1.26. The lowest BCUT2D eigenvalue weighted by atomic mass is 10.1. The van der Waals surface area contributed by atoms with Crippen LogP contribution < -0.4 is 15.4 Å². The van der Waals surface area contributed by atoms with Gasteiger partial charge in [-0.1, -0.05) is 11.6 Å². The molecule has 0 saturated carbocycles. The highest BCUT2D eigenvalue weighted by Gasteiger charge is 2.15. The van der Waals surface area contributed by atoms with Gasteiger partial charge in [-0.2, -0.15) is 0 Å². The van der Waals surface area contributed by atoms with Gasteiger partial charge in [0.05, 0.1) is 0 Å². The molecular weight excluding hydrogens is 252 g/mol. The Kier molecular flexibility index (Phi) is 4.84. The fourth-order valence-corrected chi connectivity index (χ4v) is 2.04. The first-order chi connectivity index (χ1) is 8.74. The number of nitrogens with one attached hydrogen (secondary N) is 2. The van der Waals surface area contributed by atoms with Gasteiger partial charge in [-0.25, -0.2) is 0 Å². The third-order valence-corrected chi connectivity index (χ3v) is 3.14. The van der Waals surface area contributed by atoms with Crippen molar-refractivity contribution in [2.24, 2.45) is 0 Å². The normalized spacial score (nSPS) is 16.3. The van der Waals surface area contributed by atoms with Gasteiger partial charge in [0.1, 0.15) is 5.75 Å². The van der Waals surface area contributed by atoms with E-state index in [2.05, 4.69) is 10.6 Å². The van der Waals surface area contributed by atoms with Crippen LogP contribution in [-0.4, -0.2) is 31.6 Å². The van der Waals surface area contributed by atoms with E-state index in [1.807, 2.05) is 0 Å². The van der Waals surface area contributed by atoms with E-state index in [9.17, 15) is 4.79 Å². The molecule has 1 amide bonds. The number of amides is 1. The van der Waals surface area contributed by atoms with Gasteiger partial charge in [0, 0.05) is 11.1 Å². The number of halogens is 1. The van der Waals surface area contributed by atoms with Crippen LogP contribution in [0.3, 0.4) is 0 Å². The summed E-state index contributed by atoms with van der Waals surface area (Å²) >= 11 is 5.76. The number of rotatable bonds is 4. The summed E-state index contributed by atoms with van der Waals surface area (Å²) < 4.78 is 5.38. The molecule has 1 saturated heterocycles. The topological polar surface area (TPSA) is 50.4 Å². The van der Waals surface area contributed by atoms with E-state index < -0.39 is 0 Å². The molecule has 0 spiro atoms. The lowest BCUT2D eigenvalue weighted by Crippen LogP contribution is -2.44. The van der Waals surface area contributed by atoms with Gasteiger partial charge in [0.15, 0.2) is 6.61 Å².